The molecule has 2 aromatic carbocycles. The van der Waals surface area contributed by atoms with E-state index in [1.54, 1.807) is 4.90 Å². The second-order valence-corrected chi connectivity index (χ2v) is 6.15. The number of nitrogens with zero attached hydrogens (tertiary/aromatic N) is 1. The van der Waals surface area contributed by atoms with Crippen LogP contribution in [-0.4, -0.2) is 25.0 Å². The number of anilines is 2. The van der Waals surface area contributed by atoms with Gasteiger partial charge in [-0.1, -0.05) is 18.2 Å². The van der Waals surface area contributed by atoms with E-state index in [-0.39, 0.29) is 18.4 Å². The van der Waals surface area contributed by atoms with Crippen LogP contribution in [0.5, 0.6) is 5.75 Å². The van der Waals surface area contributed by atoms with E-state index in [0.717, 1.165) is 30.6 Å². The first-order valence-corrected chi connectivity index (χ1v) is 8.52. The van der Waals surface area contributed by atoms with Gasteiger partial charge in [-0.3, -0.25) is 9.59 Å². The fraction of sp³-hybridized carbons (Fsp3) is 0.300. The number of benzene rings is 2. The van der Waals surface area contributed by atoms with Gasteiger partial charge in [0, 0.05) is 24.3 Å². The molecule has 0 aromatic heterocycles. The molecule has 1 heterocycles. The maximum atomic E-state index is 12.0. The number of para-hydroxylation sites is 1. The van der Waals surface area contributed by atoms with Gasteiger partial charge in [-0.15, -0.1) is 0 Å². The van der Waals surface area contributed by atoms with Gasteiger partial charge < -0.3 is 15.0 Å². The lowest BCUT2D eigenvalue weighted by atomic mass is 10.1. The number of hydrogen-bond acceptors (Lipinski definition) is 3. The fourth-order valence-corrected chi connectivity index (χ4v) is 2.86. The van der Waals surface area contributed by atoms with Crippen LogP contribution in [0.1, 0.15) is 24.8 Å². The fourth-order valence-electron chi connectivity index (χ4n) is 2.86. The average Bonchev–Trinajstić information content (AvgIpc) is 2.62. The Kier molecular flexibility index (Phi) is 5.33. The standard InChI is InChI=1S/C20H22N2O3/c1-15-6-2-3-7-18(15)25-14-19(23)21-16-9-11-17(12-10-16)22-13-5-4-8-20(22)24/h2-3,6-7,9-12H,4-5,8,13-14H2,1H3,(H,21,23). The summed E-state index contributed by atoms with van der Waals surface area (Å²) in [7, 11) is 0. The molecule has 5 heteroatoms. The van der Waals surface area contributed by atoms with Gasteiger partial charge in [0.1, 0.15) is 5.75 Å². The highest BCUT2D eigenvalue weighted by Crippen LogP contribution is 2.22. The van der Waals surface area contributed by atoms with E-state index in [4.69, 9.17) is 4.74 Å². The lowest BCUT2D eigenvalue weighted by Crippen LogP contribution is -2.35. The van der Waals surface area contributed by atoms with Crippen molar-refractivity contribution in [3.05, 3.63) is 54.1 Å². The molecule has 1 aliphatic rings. The smallest absolute Gasteiger partial charge is 0.262 e. The molecule has 3 rings (SSSR count). The summed E-state index contributed by atoms with van der Waals surface area (Å²) in [5, 5.41) is 2.81. The Morgan fingerprint density at radius 1 is 1.12 bits per heavy atom. The van der Waals surface area contributed by atoms with Gasteiger partial charge in [-0.25, -0.2) is 0 Å². The van der Waals surface area contributed by atoms with Crippen molar-refractivity contribution < 1.29 is 14.3 Å². The van der Waals surface area contributed by atoms with Crippen LogP contribution in [0.2, 0.25) is 0 Å². The number of nitrogens with one attached hydrogen (secondary N) is 1. The van der Waals surface area contributed by atoms with E-state index < -0.39 is 0 Å². The van der Waals surface area contributed by atoms with Crippen LogP contribution >= 0.6 is 0 Å². The summed E-state index contributed by atoms with van der Waals surface area (Å²) < 4.78 is 5.54. The third-order valence-corrected chi connectivity index (χ3v) is 4.24. The molecular formula is C20H22N2O3. The minimum atomic E-state index is -0.218. The van der Waals surface area contributed by atoms with Crippen molar-refractivity contribution in [3.8, 4) is 5.75 Å². The van der Waals surface area contributed by atoms with Gasteiger partial charge in [0.2, 0.25) is 5.91 Å². The second kappa shape index (κ2) is 7.83. The molecule has 1 fully saturated rings. The number of rotatable bonds is 5. The Labute approximate surface area is 147 Å². The average molecular weight is 338 g/mol. The quantitative estimate of drug-likeness (QED) is 0.907. The van der Waals surface area contributed by atoms with Crippen LogP contribution < -0.4 is 15.0 Å². The molecule has 1 aliphatic heterocycles. The molecule has 1 saturated heterocycles. The van der Waals surface area contributed by atoms with E-state index in [2.05, 4.69) is 5.32 Å². The van der Waals surface area contributed by atoms with Crippen LogP contribution in [0.4, 0.5) is 11.4 Å². The van der Waals surface area contributed by atoms with Crippen molar-refractivity contribution in [2.75, 3.05) is 23.4 Å². The lowest BCUT2D eigenvalue weighted by Gasteiger charge is -2.26. The molecule has 130 valence electrons. The molecule has 0 radical (unpaired) electrons. The highest BCUT2D eigenvalue weighted by molar-refractivity contribution is 5.95. The van der Waals surface area contributed by atoms with E-state index in [1.807, 2.05) is 55.5 Å². The maximum absolute atomic E-state index is 12.0. The molecule has 1 N–H and O–H groups in total. The third kappa shape index (κ3) is 4.38. The Hall–Kier alpha value is -2.82. The first kappa shape index (κ1) is 17.0. The molecule has 2 aromatic rings. The number of piperidine rings is 1. The van der Waals surface area contributed by atoms with Crippen LogP contribution in [-0.2, 0) is 9.59 Å². The number of carbonyl (C=O) groups excluding carboxylic acids is 2. The highest BCUT2D eigenvalue weighted by Gasteiger charge is 2.19. The van der Waals surface area contributed by atoms with Crippen LogP contribution in [0.3, 0.4) is 0 Å². The monoisotopic (exact) mass is 338 g/mol. The van der Waals surface area contributed by atoms with Gasteiger partial charge in [-0.05, 0) is 55.7 Å². The molecule has 5 nitrogen and oxygen atoms in total. The molecule has 0 unspecified atom stereocenters. The van der Waals surface area contributed by atoms with E-state index in [9.17, 15) is 9.59 Å². The molecule has 2 amide bonds. The summed E-state index contributed by atoms with van der Waals surface area (Å²) in [6.45, 7) is 2.65. The van der Waals surface area contributed by atoms with Crippen molar-refractivity contribution in [3.63, 3.8) is 0 Å². The van der Waals surface area contributed by atoms with E-state index in [1.165, 1.54) is 0 Å². The van der Waals surface area contributed by atoms with Gasteiger partial charge in [0.05, 0.1) is 0 Å². The Bertz CT molecular complexity index is 756. The molecule has 0 atom stereocenters. The Morgan fingerprint density at radius 2 is 1.88 bits per heavy atom. The van der Waals surface area contributed by atoms with Crippen molar-refractivity contribution in [2.45, 2.75) is 26.2 Å². The van der Waals surface area contributed by atoms with Gasteiger partial charge in [-0.2, -0.15) is 0 Å². The first-order chi connectivity index (χ1) is 12.1. The zero-order valence-electron chi connectivity index (χ0n) is 14.3. The van der Waals surface area contributed by atoms with E-state index in [0.29, 0.717) is 17.9 Å². The van der Waals surface area contributed by atoms with Crippen LogP contribution in [0.15, 0.2) is 48.5 Å². The van der Waals surface area contributed by atoms with Crippen molar-refractivity contribution in [1.82, 2.24) is 0 Å². The lowest BCUT2D eigenvalue weighted by molar-refractivity contribution is -0.119. The molecule has 0 spiro atoms. The van der Waals surface area contributed by atoms with Crippen LogP contribution in [0, 0.1) is 6.92 Å². The largest absolute Gasteiger partial charge is 0.483 e. The van der Waals surface area contributed by atoms with Crippen molar-refractivity contribution in [2.24, 2.45) is 0 Å². The summed E-state index contributed by atoms with van der Waals surface area (Å²) >= 11 is 0. The summed E-state index contributed by atoms with van der Waals surface area (Å²) in [4.78, 5) is 25.8. The first-order valence-electron chi connectivity index (χ1n) is 8.52. The molecule has 0 aliphatic carbocycles. The number of aryl methyl sites for hydroxylation is 1. The second-order valence-electron chi connectivity index (χ2n) is 6.15. The number of hydrogen-bond donors (Lipinski definition) is 1. The highest BCUT2D eigenvalue weighted by atomic mass is 16.5. The minimum absolute atomic E-state index is 0.0444. The topological polar surface area (TPSA) is 58.6 Å². The zero-order chi connectivity index (χ0) is 17.6. The summed E-state index contributed by atoms with van der Waals surface area (Å²) in [5.74, 6) is 0.649. The Balaban J connectivity index is 1.55. The van der Waals surface area contributed by atoms with Crippen molar-refractivity contribution in [1.29, 1.82) is 0 Å². The predicted octanol–water partition coefficient (Wildman–Crippen LogP) is 3.53. The molecule has 0 bridgehead atoms. The van der Waals surface area contributed by atoms with Crippen LogP contribution in [0.25, 0.3) is 0 Å². The van der Waals surface area contributed by atoms with Crippen molar-refractivity contribution >= 4 is 23.2 Å². The SMILES string of the molecule is Cc1ccccc1OCC(=O)Nc1ccc(N2CCCCC2=O)cc1. The van der Waals surface area contributed by atoms with Gasteiger partial charge in [0.15, 0.2) is 6.61 Å². The molecular weight excluding hydrogens is 316 g/mol. The summed E-state index contributed by atoms with van der Waals surface area (Å²) in [5.41, 5.74) is 2.55. The number of ether oxygens (including phenoxy) is 1. The summed E-state index contributed by atoms with van der Waals surface area (Å²) in [6, 6.07) is 14.9. The molecule has 25 heavy (non-hydrogen) atoms. The summed E-state index contributed by atoms with van der Waals surface area (Å²) in [6.07, 6.45) is 2.60. The number of amides is 2. The van der Waals surface area contributed by atoms with Gasteiger partial charge in [0.25, 0.3) is 5.91 Å². The van der Waals surface area contributed by atoms with E-state index >= 15 is 0 Å². The predicted molar refractivity (Wildman–Crippen MR) is 97.9 cm³/mol. The third-order valence-electron chi connectivity index (χ3n) is 4.24. The zero-order valence-corrected chi connectivity index (χ0v) is 14.3. The minimum Gasteiger partial charge on any atom is -0.483 e. The normalized spacial score (nSPS) is 14.3. The Morgan fingerprint density at radius 3 is 2.60 bits per heavy atom. The molecule has 0 saturated carbocycles. The maximum Gasteiger partial charge on any atom is 0.262 e. The van der Waals surface area contributed by atoms with Gasteiger partial charge >= 0.3 is 0 Å². The number of carbonyl (C=O) groups is 2.